The number of aliphatic hydroxyl groups excluding tert-OH is 1. The number of aliphatic hydroxyl groups is 1. The first kappa shape index (κ1) is 11.6. The maximum absolute atomic E-state index is 11.9. The van der Waals surface area contributed by atoms with Crippen molar-refractivity contribution in [3.63, 3.8) is 0 Å². The fourth-order valence-electron chi connectivity index (χ4n) is 1.76. The molecule has 6 nitrogen and oxygen atoms in total. The molecule has 0 aromatic carbocycles. The molecule has 1 aromatic heterocycles. The van der Waals surface area contributed by atoms with Gasteiger partial charge in [0.1, 0.15) is 0 Å². The first-order valence-electron chi connectivity index (χ1n) is 5.10. The molecular weight excluding hydrogens is 230 g/mol. The van der Waals surface area contributed by atoms with Crippen molar-refractivity contribution in [2.75, 3.05) is 6.61 Å². The minimum atomic E-state index is -3.61. The first-order valence-corrected chi connectivity index (χ1v) is 6.59. The van der Waals surface area contributed by atoms with Gasteiger partial charge in [0.2, 0.25) is 0 Å². The van der Waals surface area contributed by atoms with Gasteiger partial charge in [0.25, 0.3) is 10.0 Å². The number of nitrogens with zero attached hydrogens (tertiary/aromatic N) is 2. The summed E-state index contributed by atoms with van der Waals surface area (Å²) in [6, 6.07) is 0. The van der Waals surface area contributed by atoms with Gasteiger partial charge in [-0.05, 0) is 19.3 Å². The van der Waals surface area contributed by atoms with Crippen LogP contribution in [0, 0.1) is 0 Å². The molecule has 0 atom stereocenters. The van der Waals surface area contributed by atoms with Crippen LogP contribution in [0.25, 0.3) is 0 Å². The SMILES string of the molecule is Cn1cnc(S(=O)(=O)NC2(CO)CCC2)c1. The maximum Gasteiger partial charge on any atom is 0.260 e. The van der Waals surface area contributed by atoms with Gasteiger partial charge in [0, 0.05) is 13.2 Å². The highest BCUT2D eigenvalue weighted by molar-refractivity contribution is 7.89. The summed E-state index contributed by atoms with van der Waals surface area (Å²) in [4.78, 5) is 3.80. The predicted octanol–water partition coefficient (Wildman–Crippen LogP) is -0.387. The topological polar surface area (TPSA) is 84.2 Å². The molecule has 0 bridgehead atoms. The van der Waals surface area contributed by atoms with E-state index in [1.165, 1.54) is 12.5 Å². The van der Waals surface area contributed by atoms with Crippen molar-refractivity contribution in [3.05, 3.63) is 12.5 Å². The van der Waals surface area contributed by atoms with E-state index < -0.39 is 15.6 Å². The summed E-state index contributed by atoms with van der Waals surface area (Å²) < 4.78 is 27.9. The second-order valence-electron chi connectivity index (χ2n) is 4.27. The Labute approximate surface area is 94.4 Å². The van der Waals surface area contributed by atoms with Gasteiger partial charge in [-0.15, -0.1) is 0 Å². The van der Waals surface area contributed by atoms with Gasteiger partial charge in [-0.25, -0.2) is 18.1 Å². The van der Waals surface area contributed by atoms with E-state index in [1.54, 1.807) is 11.6 Å². The molecular formula is C9H15N3O3S. The molecule has 1 fully saturated rings. The van der Waals surface area contributed by atoms with E-state index in [2.05, 4.69) is 9.71 Å². The monoisotopic (exact) mass is 245 g/mol. The Balaban J connectivity index is 2.20. The molecule has 1 heterocycles. The van der Waals surface area contributed by atoms with Crippen LogP contribution in [0.5, 0.6) is 0 Å². The lowest BCUT2D eigenvalue weighted by Crippen LogP contribution is -2.56. The molecule has 0 aliphatic heterocycles. The third kappa shape index (κ3) is 1.98. The van der Waals surface area contributed by atoms with Crippen LogP contribution in [-0.2, 0) is 17.1 Å². The second-order valence-corrected chi connectivity index (χ2v) is 5.90. The highest BCUT2D eigenvalue weighted by Crippen LogP contribution is 2.32. The van der Waals surface area contributed by atoms with Gasteiger partial charge >= 0.3 is 0 Å². The summed E-state index contributed by atoms with van der Waals surface area (Å²) in [7, 11) is -1.91. The van der Waals surface area contributed by atoms with Crippen molar-refractivity contribution >= 4 is 10.0 Å². The maximum atomic E-state index is 11.9. The van der Waals surface area contributed by atoms with Crippen molar-refractivity contribution < 1.29 is 13.5 Å². The van der Waals surface area contributed by atoms with Crippen LogP contribution in [0.2, 0.25) is 0 Å². The Morgan fingerprint density at radius 3 is 2.69 bits per heavy atom. The Kier molecular flexibility index (Phi) is 2.77. The summed E-state index contributed by atoms with van der Waals surface area (Å²) in [5, 5.41) is 9.19. The average molecular weight is 245 g/mol. The zero-order chi connectivity index (χ0) is 11.8. The molecule has 7 heteroatoms. The largest absolute Gasteiger partial charge is 0.394 e. The Hall–Kier alpha value is -0.920. The van der Waals surface area contributed by atoms with Crippen LogP contribution in [0.1, 0.15) is 19.3 Å². The molecule has 16 heavy (non-hydrogen) atoms. The Bertz CT molecular complexity index is 470. The molecule has 2 rings (SSSR count). The van der Waals surface area contributed by atoms with E-state index in [0.29, 0.717) is 12.8 Å². The van der Waals surface area contributed by atoms with Gasteiger partial charge < -0.3 is 9.67 Å². The quantitative estimate of drug-likeness (QED) is 0.757. The van der Waals surface area contributed by atoms with Crippen molar-refractivity contribution in [2.45, 2.75) is 29.8 Å². The predicted molar refractivity (Wildman–Crippen MR) is 57.2 cm³/mol. The standard InChI is InChI=1S/C9H15N3O3S/c1-12-5-8(10-7-12)16(14,15)11-9(6-13)3-2-4-9/h5,7,11,13H,2-4,6H2,1H3. The smallest absolute Gasteiger partial charge is 0.260 e. The molecule has 90 valence electrons. The Morgan fingerprint density at radius 1 is 1.62 bits per heavy atom. The molecule has 0 saturated heterocycles. The highest BCUT2D eigenvalue weighted by Gasteiger charge is 2.40. The van der Waals surface area contributed by atoms with Crippen molar-refractivity contribution in [3.8, 4) is 0 Å². The number of sulfonamides is 1. The van der Waals surface area contributed by atoms with Gasteiger partial charge in [0.15, 0.2) is 5.03 Å². The zero-order valence-corrected chi connectivity index (χ0v) is 9.87. The second kappa shape index (κ2) is 3.83. The third-order valence-electron chi connectivity index (χ3n) is 2.92. The van der Waals surface area contributed by atoms with Crippen molar-refractivity contribution in [1.29, 1.82) is 0 Å². The summed E-state index contributed by atoms with van der Waals surface area (Å²) in [6.45, 7) is -0.168. The minimum Gasteiger partial charge on any atom is -0.394 e. The van der Waals surface area contributed by atoms with Crippen LogP contribution >= 0.6 is 0 Å². The van der Waals surface area contributed by atoms with E-state index in [1.807, 2.05) is 0 Å². The van der Waals surface area contributed by atoms with Gasteiger partial charge in [-0.2, -0.15) is 0 Å². The van der Waals surface area contributed by atoms with Gasteiger partial charge in [0.05, 0.1) is 18.5 Å². The van der Waals surface area contributed by atoms with Crippen LogP contribution in [-0.4, -0.2) is 35.2 Å². The molecule has 0 spiro atoms. The van der Waals surface area contributed by atoms with E-state index in [9.17, 15) is 13.5 Å². The number of nitrogens with one attached hydrogen (secondary N) is 1. The highest BCUT2D eigenvalue weighted by atomic mass is 32.2. The van der Waals surface area contributed by atoms with Crippen molar-refractivity contribution in [2.24, 2.45) is 7.05 Å². The molecule has 0 amide bonds. The first-order chi connectivity index (χ1) is 7.47. The number of hydrogen-bond donors (Lipinski definition) is 2. The molecule has 1 saturated carbocycles. The molecule has 2 N–H and O–H groups in total. The molecule has 1 aromatic rings. The number of hydrogen-bond acceptors (Lipinski definition) is 4. The van der Waals surface area contributed by atoms with Gasteiger partial charge in [-0.1, -0.05) is 0 Å². The number of aryl methyl sites for hydroxylation is 1. The molecule has 1 aliphatic rings. The minimum absolute atomic E-state index is 0.00488. The lowest BCUT2D eigenvalue weighted by Gasteiger charge is -2.40. The van der Waals surface area contributed by atoms with Crippen LogP contribution in [0.4, 0.5) is 0 Å². The van der Waals surface area contributed by atoms with Crippen molar-refractivity contribution in [1.82, 2.24) is 14.3 Å². The zero-order valence-electron chi connectivity index (χ0n) is 9.05. The number of rotatable bonds is 4. The summed E-state index contributed by atoms with van der Waals surface area (Å²) in [5.41, 5.74) is -0.670. The molecule has 0 radical (unpaired) electrons. The average Bonchev–Trinajstić information content (AvgIpc) is 2.59. The third-order valence-corrected chi connectivity index (χ3v) is 4.38. The van der Waals surface area contributed by atoms with Crippen LogP contribution < -0.4 is 4.72 Å². The number of imidazole rings is 1. The Morgan fingerprint density at radius 2 is 2.31 bits per heavy atom. The lowest BCUT2D eigenvalue weighted by atomic mass is 9.78. The normalized spacial score (nSPS) is 19.4. The molecule has 1 aliphatic carbocycles. The fraction of sp³-hybridized carbons (Fsp3) is 0.667. The van der Waals surface area contributed by atoms with E-state index in [0.717, 1.165) is 6.42 Å². The van der Waals surface area contributed by atoms with Crippen LogP contribution in [0.3, 0.4) is 0 Å². The van der Waals surface area contributed by atoms with Crippen LogP contribution in [0.15, 0.2) is 17.6 Å². The summed E-state index contributed by atoms with van der Waals surface area (Å²) in [6.07, 6.45) is 5.16. The summed E-state index contributed by atoms with van der Waals surface area (Å²) >= 11 is 0. The lowest BCUT2D eigenvalue weighted by molar-refractivity contribution is 0.110. The fourth-order valence-corrected chi connectivity index (χ4v) is 3.20. The summed E-state index contributed by atoms with van der Waals surface area (Å²) in [5.74, 6) is 0. The number of aromatic nitrogens is 2. The van der Waals surface area contributed by atoms with E-state index in [-0.39, 0.29) is 11.6 Å². The van der Waals surface area contributed by atoms with E-state index >= 15 is 0 Å². The van der Waals surface area contributed by atoms with Gasteiger partial charge in [-0.3, -0.25) is 0 Å². The molecule has 0 unspecified atom stereocenters. The van der Waals surface area contributed by atoms with E-state index in [4.69, 9.17) is 0 Å².